The molecule has 2 aliphatic heterocycles. The minimum atomic E-state index is 0.230. The summed E-state index contributed by atoms with van der Waals surface area (Å²) in [4.78, 5) is 0. The van der Waals surface area contributed by atoms with E-state index in [4.69, 9.17) is 4.74 Å². The van der Waals surface area contributed by atoms with Crippen molar-refractivity contribution in [2.24, 2.45) is 5.92 Å². The van der Waals surface area contributed by atoms with Crippen molar-refractivity contribution in [3.05, 3.63) is 35.4 Å². The fraction of sp³-hybridized carbons (Fsp3) is 0.684. The summed E-state index contributed by atoms with van der Waals surface area (Å²) in [6.07, 6.45) is 9.26. The molecule has 2 nitrogen and oxygen atoms in total. The van der Waals surface area contributed by atoms with Gasteiger partial charge in [-0.15, -0.1) is 0 Å². The average Bonchev–Trinajstić information content (AvgIpc) is 2.55. The van der Waals surface area contributed by atoms with Crippen molar-refractivity contribution in [3.8, 4) is 0 Å². The van der Waals surface area contributed by atoms with Crippen LogP contribution in [0.3, 0.4) is 0 Å². The van der Waals surface area contributed by atoms with E-state index in [1.165, 1.54) is 50.5 Å². The molecule has 3 aliphatic rings. The highest BCUT2D eigenvalue weighted by atomic mass is 16.5. The summed E-state index contributed by atoms with van der Waals surface area (Å²) in [5.74, 6) is 1.49. The molecule has 2 heterocycles. The molecule has 114 valence electrons. The van der Waals surface area contributed by atoms with Crippen LogP contribution in [0.15, 0.2) is 24.3 Å². The van der Waals surface area contributed by atoms with Gasteiger partial charge >= 0.3 is 0 Å². The summed E-state index contributed by atoms with van der Waals surface area (Å²) in [7, 11) is 0. The van der Waals surface area contributed by atoms with E-state index in [-0.39, 0.29) is 5.60 Å². The molecule has 1 saturated carbocycles. The summed E-state index contributed by atoms with van der Waals surface area (Å²) in [5, 5.41) is 3.64. The smallest absolute Gasteiger partial charge is 0.0685 e. The van der Waals surface area contributed by atoms with E-state index in [2.05, 4.69) is 29.6 Å². The summed E-state index contributed by atoms with van der Waals surface area (Å²) in [6, 6.07) is 9.05. The Kier molecular flexibility index (Phi) is 3.76. The van der Waals surface area contributed by atoms with E-state index in [0.717, 1.165) is 25.6 Å². The lowest BCUT2D eigenvalue weighted by atomic mass is 9.70. The van der Waals surface area contributed by atoms with Crippen LogP contribution in [0.5, 0.6) is 0 Å². The van der Waals surface area contributed by atoms with E-state index in [1.807, 2.05) is 0 Å². The third kappa shape index (κ3) is 2.64. The number of hydrogen-bond donors (Lipinski definition) is 1. The predicted octanol–water partition coefficient (Wildman–Crippen LogP) is 4.00. The van der Waals surface area contributed by atoms with Crippen LogP contribution in [0.25, 0.3) is 0 Å². The van der Waals surface area contributed by atoms with Crippen LogP contribution in [0.2, 0.25) is 0 Å². The summed E-state index contributed by atoms with van der Waals surface area (Å²) >= 11 is 0. The van der Waals surface area contributed by atoms with Crippen LogP contribution < -0.4 is 5.32 Å². The number of nitrogens with one attached hydrogen (secondary N) is 1. The molecule has 1 aromatic carbocycles. The highest BCUT2D eigenvalue weighted by Gasteiger charge is 2.41. The van der Waals surface area contributed by atoms with Crippen molar-refractivity contribution in [1.82, 2.24) is 5.32 Å². The lowest BCUT2D eigenvalue weighted by Crippen LogP contribution is -2.45. The zero-order valence-electron chi connectivity index (χ0n) is 12.9. The first-order valence-electron chi connectivity index (χ1n) is 8.79. The van der Waals surface area contributed by atoms with Gasteiger partial charge in [0, 0.05) is 19.7 Å². The van der Waals surface area contributed by atoms with Gasteiger partial charge in [0.25, 0.3) is 0 Å². The Balaban J connectivity index is 1.56. The van der Waals surface area contributed by atoms with Gasteiger partial charge in [0.1, 0.15) is 0 Å². The van der Waals surface area contributed by atoms with Crippen LogP contribution in [0.4, 0.5) is 0 Å². The van der Waals surface area contributed by atoms with Crippen molar-refractivity contribution < 1.29 is 4.74 Å². The highest BCUT2D eigenvalue weighted by molar-refractivity contribution is 5.33. The van der Waals surface area contributed by atoms with Crippen molar-refractivity contribution in [1.29, 1.82) is 0 Å². The van der Waals surface area contributed by atoms with Gasteiger partial charge in [0.15, 0.2) is 0 Å². The maximum Gasteiger partial charge on any atom is 0.0685 e. The topological polar surface area (TPSA) is 21.3 Å². The van der Waals surface area contributed by atoms with E-state index in [1.54, 1.807) is 5.56 Å². The highest BCUT2D eigenvalue weighted by Crippen LogP contribution is 2.45. The molecule has 4 rings (SSSR count). The zero-order valence-corrected chi connectivity index (χ0v) is 12.9. The van der Waals surface area contributed by atoms with Crippen molar-refractivity contribution in [2.45, 2.75) is 63.0 Å². The quantitative estimate of drug-likeness (QED) is 0.842. The van der Waals surface area contributed by atoms with E-state index in [9.17, 15) is 0 Å². The lowest BCUT2D eigenvalue weighted by molar-refractivity contribution is -0.120. The Morgan fingerprint density at radius 3 is 2.86 bits per heavy atom. The first-order chi connectivity index (χ1) is 10.4. The van der Waals surface area contributed by atoms with E-state index < -0.39 is 0 Å². The summed E-state index contributed by atoms with van der Waals surface area (Å²) in [6.45, 7) is 3.17. The normalized spacial score (nSPS) is 31.8. The molecule has 2 atom stereocenters. The van der Waals surface area contributed by atoms with Crippen LogP contribution in [0.1, 0.15) is 62.0 Å². The third-order valence-corrected chi connectivity index (χ3v) is 6.00. The first kappa shape index (κ1) is 13.8. The van der Waals surface area contributed by atoms with Gasteiger partial charge in [-0.25, -0.2) is 0 Å². The van der Waals surface area contributed by atoms with Crippen LogP contribution in [-0.4, -0.2) is 18.8 Å². The van der Waals surface area contributed by atoms with E-state index in [0.29, 0.717) is 5.92 Å². The van der Waals surface area contributed by atoms with Crippen LogP contribution in [-0.2, 0) is 11.3 Å². The molecule has 0 radical (unpaired) electrons. The molecule has 1 aromatic rings. The molecule has 1 saturated heterocycles. The molecule has 1 spiro atoms. The third-order valence-electron chi connectivity index (χ3n) is 6.00. The molecule has 1 N–H and O–H groups in total. The molecular formula is C19H27NO. The number of ether oxygens (including phenoxy) is 1. The minimum absolute atomic E-state index is 0.230. The van der Waals surface area contributed by atoms with Gasteiger partial charge < -0.3 is 10.1 Å². The standard InChI is InChI=1S/C19H27NO/c1-4-9-19(10-5-1)12-15(8-11-21-19)18-14-20-13-16-6-2-3-7-17(16)18/h2-3,6-7,15,18,20H,1,4-5,8-14H2. The SMILES string of the molecule is c1ccc2c(c1)CNCC2C1CCOC2(CCCCC2)C1. The number of benzene rings is 1. The van der Waals surface area contributed by atoms with Gasteiger partial charge in [0.2, 0.25) is 0 Å². The molecular weight excluding hydrogens is 258 g/mol. The molecule has 21 heavy (non-hydrogen) atoms. The maximum atomic E-state index is 6.30. The second kappa shape index (κ2) is 5.73. The van der Waals surface area contributed by atoms with Gasteiger partial charge in [0.05, 0.1) is 5.60 Å². The monoisotopic (exact) mass is 285 g/mol. The number of hydrogen-bond acceptors (Lipinski definition) is 2. The average molecular weight is 285 g/mol. The second-order valence-electron chi connectivity index (χ2n) is 7.28. The lowest BCUT2D eigenvalue weighted by Gasteiger charge is -2.46. The fourth-order valence-electron chi connectivity index (χ4n) is 4.90. The Bertz CT molecular complexity index is 487. The zero-order chi connectivity index (χ0) is 14.1. The molecule has 2 fully saturated rings. The predicted molar refractivity (Wildman–Crippen MR) is 85.4 cm³/mol. The molecule has 2 unspecified atom stereocenters. The largest absolute Gasteiger partial charge is 0.375 e. The van der Waals surface area contributed by atoms with Crippen molar-refractivity contribution >= 4 is 0 Å². The fourth-order valence-corrected chi connectivity index (χ4v) is 4.90. The minimum Gasteiger partial charge on any atom is -0.375 e. The number of rotatable bonds is 1. The summed E-state index contributed by atoms with van der Waals surface area (Å²) in [5.41, 5.74) is 3.35. The molecule has 0 aromatic heterocycles. The summed E-state index contributed by atoms with van der Waals surface area (Å²) < 4.78 is 6.30. The van der Waals surface area contributed by atoms with Crippen LogP contribution in [0, 0.1) is 5.92 Å². The molecule has 0 bridgehead atoms. The number of fused-ring (bicyclic) bond motifs is 1. The Hall–Kier alpha value is -0.860. The molecule has 2 heteroatoms. The maximum absolute atomic E-state index is 6.30. The second-order valence-corrected chi connectivity index (χ2v) is 7.28. The Morgan fingerprint density at radius 2 is 1.95 bits per heavy atom. The van der Waals surface area contributed by atoms with Gasteiger partial charge in [-0.05, 0) is 48.6 Å². The Morgan fingerprint density at radius 1 is 1.10 bits per heavy atom. The van der Waals surface area contributed by atoms with Crippen LogP contribution >= 0.6 is 0 Å². The molecule has 1 aliphatic carbocycles. The molecule has 0 amide bonds. The van der Waals surface area contributed by atoms with Gasteiger partial charge in [-0.3, -0.25) is 0 Å². The van der Waals surface area contributed by atoms with Gasteiger partial charge in [-0.1, -0.05) is 43.5 Å². The Labute approximate surface area is 128 Å². The van der Waals surface area contributed by atoms with Crippen molar-refractivity contribution in [2.75, 3.05) is 13.2 Å². The van der Waals surface area contributed by atoms with Crippen molar-refractivity contribution in [3.63, 3.8) is 0 Å². The first-order valence-corrected chi connectivity index (χ1v) is 8.79. The van der Waals surface area contributed by atoms with Gasteiger partial charge in [-0.2, -0.15) is 0 Å². The van der Waals surface area contributed by atoms with E-state index >= 15 is 0 Å².